The molecule has 26 heavy (non-hydrogen) atoms. The number of fused-ring (bicyclic) bond motifs is 1. The van der Waals surface area contributed by atoms with Gasteiger partial charge < -0.3 is 4.57 Å². The molecule has 132 valence electrons. The summed E-state index contributed by atoms with van der Waals surface area (Å²) in [6, 6.07) is 8.04. The normalized spacial score (nSPS) is 16.9. The van der Waals surface area contributed by atoms with E-state index < -0.39 is 0 Å². The molecule has 1 aromatic carbocycles. The Labute approximate surface area is 159 Å². The molecule has 1 fully saturated rings. The number of allylic oxidation sites excluding steroid dienone is 2. The third kappa shape index (κ3) is 3.79. The van der Waals surface area contributed by atoms with Crippen LogP contribution in [0.3, 0.4) is 0 Å². The van der Waals surface area contributed by atoms with Crippen LogP contribution in [0.15, 0.2) is 41.6 Å². The molecule has 0 atom stereocenters. The first-order valence-corrected chi connectivity index (χ1v) is 9.80. The van der Waals surface area contributed by atoms with Crippen molar-refractivity contribution in [3.05, 3.63) is 68.8 Å². The van der Waals surface area contributed by atoms with Crippen LogP contribution in [-0.2, 0) is 6.54 Å². The summed E-state index contributed by atoms with van der Waals surface area (Å²) in [4.78, 5) is 4.82. The van der Waals surface area contributed by atoms with Gasteiger partial charge in [0, 0.05) is 17.1 Å². The zero-order valence-corrected chi connectivity index (χ0v) is 15.9. The zero-order chi connectivity index (χ0) is 17.9. The molecule has 1 heterocycles. The highest BCUT2D eigenvalue weighted by molar-refractivity contribution is 6.30. The maximum absolute atomic E-state index is 6.04. The van der Waals surface area contributed by atoms with Crippen molar-refractivity contribution in [2.24, 2.45) is 5.92 Å². The number of benzene rings is 1. The summed E-state index contributed by atoms with van der Waals surface area (Å²) in [5.41, 5.74) is 8.65. The van der Waals surface area contributed by atoms with Crippen molar-refractivity contribution in [1.82, 2.24) is 9.55 Å². The molecule has 0 bridgehead atoms. The molecule has 2 aliphatic rings. The maximum atomic E-state index is 6.04. The molecule has 0 amide bonds. The maximum Gasteiger partial charge on any atom is 0.139 e. The number of rotatable bonds is 4. The van der Waals surface area contributed by atoms with Gasteiger partial charge in [-0.05, 0) is 61.3 Å². The van der Waals surface area contributed by atoms with E-state index in [2.05, 4.69) is 46.4 Å². The minimum atomic E-state index is 0.685. The van der Waals surface area contributed by atoms with Gasteiger partial charge in [0.25, 0.3) is 0 Å². The fraction of sp³-hybridized carbons (Fsp3) is 0.348. The highest BCUT2D eigenvalue weighted by Gasteiger charge is 2.12. The van der Waals surface area contributed by atoms with E-state index in [1.54, 1.807) is 0 Å². The minimum Gasteiger partial charge on any atom is -0.319 e. The van der Waals surface area contributed by atoms with Gasteiger partial charge in [0.2, 0.25) is 0 Å². The van der Waals surface area contributed by atoms with Gasteiger partial charge in [-0.2, -0.15) is 0 Å². The molecule has 4 rings (SSSR count). The van der Waals surface area contributed by atoms with Gasteiger partial charge in [0.1, 0.15) is 11.2 Å². The third-order valence-electron chi connectivity index (χ3n) is 5.19. The van der Waals surface area contributed by atoms with Gasteiger partial charge in [0.15, 0.2) is 0 Å². The second kappa shape index (κ2) is 7.56. The van der Waals surface area contributed by atoms with E-state index in [4.69, 9.17) is 16.6 Å². The Hall–Kier alpha value is -2.24. The lowest BCUT2D eigenvalue weighted by Crippen LogP contribution is -2.30. The first-order chi connectivity index (χ1) is 12.7. The van der Waals surface area contributed by atoms with E-state index in [1.165, 1.54) is 37.7 Å². The fourth-order valence-corrected chi connectivity index (χ4v) is 3.86. The number of hydrogen-bond acceptors (Lipinski definition) is 1. The largest absolute Gasteiger partial charge is 0.319 e. The Morgan fingerprint density at radius 2 is 1.92 bits per heavy atom. The summed E-state index contributed by atoms with van der Waals surface area (Å²) < 4.78 is 2.27. The lowest BCUT2D eigenvalue weighted by atomic mass is 9.89. The molecule has 2 aromatic rings. The molecule has 2 aliphatic carbocycles. The summed E-state index contributed by atoms with van der Waals surface area (Å²) in [6.45, 7) is 2.82. The monoisotopic (exact) mass is 362 g/mol. The Balaban J connectivity index is 1.72. The van der Waals surface area contributed by atoms with Crippen LogP contribution < -0.4 is 10.7 Å². The van der Waals surface area contributed by atoms with Gasteiger partial charge in [-0.3, -0.25) is 0 Å². The summed E-state index contributed by atoms with van der Waals surface area (Å²) in [5.74, 6) is 1.68. The highest BCUT2D eigenvalue weighted by atomic mass is 35.5. The average molecular weight is 363 g/mol. The van der Waals surface area contributed by atoms with Crippen LogP contribution in [0.4, 0.5) is 0 Å². The van der Waals surface area contributed by atoms with Crippen molar-refractivity contribution in [3.63, 3.8) is 0 Å². The van der Waals surface area contributed by atoms with E-state index >= 15 is 0 Å². The smallest absolute Gasteiger partial charge is 0.139 e. The van der Waals surface area contributed by atoms with E-state index in [1.807, 2.05) is 19.1 Å². The molecule has 0 N–H and O–H groups in total. The Bertz CT molecular complexity index is 1020. The molecule has 1 saturated carbocycles. The number of imidazole rings is 1. The average Bonchev–Trinajstić information content (AvgIpc) is 2.99. The molecule has 0 radical (unpaired) electrons. The summed E-state index contributed by atoms with van der Waals surface area (Å²) in [5, 5.41) is 2.76. The molecule has 0 aliphatic heterocycles. The summed E-state index contributed by atoms with van der Waals surface area (Å²) in [7, 11) is 0. The highest BCUT2D eigenvalue weighted by Crippen LogP contribution is 2.25. The lowest BCUT2D eigenvalue weighted by molar-refractivity contribution is 0.420. The second-order valence-electron chi connectivity index (χ2n) is 7.25. The van der Waals surface area contributed by atoms with Crippen LogP contribution in [0.2, 0.25) is 5.02 Å². The third-order valence-corrected chi connectivity index (χ3v) is 5.44. The topological polar surface area (TPSA) is 17.8 Å². The first-order valence-electron chi connectivity index (χ1n) is 9.42. The SMILES string of the molecule is CC1=C=C=c2nc(/C=C/C3CCCCC3)n(Cc3ccc(Cl)cc3)c2=C1. The number of nitrogens with zero attached hydrogens (tertiary/aromatic N) is 2. The summed E-state index contributed by atoms with van der Waals surface area (Å²) in [6.07, 6.45) is 13.4. The number of halogens is 1. The Morgan fingerprint density at radius 3 is 2.69 bits per heavy atom. The molecule has 0 saturated heterocycles. The zero-order valence-electron chi connectivity index (χ0n) is 15.1. The predicted molar refractivity (Wildman–Crippen MR) is 108 cm³/mol. The molecular weight excluding hydrogens is 340 g/mol. The van der Waals surface area contributed by atoms with Crippen molar-refractivity contribution < 1.29 is 0 Å². The van der Waals surface area contributed by atoms with Gasteiger partial charge in [-0.1, -0.05) is 54.8 Å². The fourth-order valence-electron chi connectivity index (χ4n) is 3.74. The minimum absolute atomic E-state index is 0.685. The van der Waals surface area contributed by atoms with Crippen LogP contribution in [0.5, 0.6) is 0 Å². The Kier molecular flexibility index (Phi) is 5.00. The van der Waals surface area contributed by atoms with Crippen LogP contribution in [0.1, 0.15) is 50.4 Å². The number of aromatic nitrogens is 2. The Morgan fingerprint density at radius 1 is 1.15 bits per heavy atom. The number of hydrogen-bond donors (Lipinski definition) is 0. The van der Waals surface area contributed by atoms with E-state index in [0.29, 0.717) is 5.92 Å². The molecule has 1 aromatic heterocycles. The molecule has 0 unspecified atom stereocenters. The summed E-state index contributed by atoms with van der Waals surface area (Å²) >= 11 is 6.04. The first kappa shape index (κ1) is 17.2. The molecule has 0 spiro atoms. The molecule has 2 nitrogen and oxygen atoms in total. The second-order valence-corrected chi connectivity index (χ2v) is 7.69. The van der Waals surface area contributed by atoms with E-state index in [0.717, 1.165) is 33.7 Å². The van der Waals surface area contributed by atoms with Crippen LogP contribution in [0, 0.1) is 5.92 Å². The quantitative estimate of drug-likeness (QED) is 0.734. The lowest BCUT2D eigenvalue weighted by Gasteiger charge is -2.17. The van der Waals surface area contributed by atoms with E-state index in [9.17, 15) is 0 Å². The van der Waals surface area contributed by atoms with Gasteiger partial charge in [0.05, 0.1) is 5.35 Å². The van der Waals surface area contributed by atoms with Crippen LogP contribution >= 0.6 is 11.6 Å². The van der Waals surface area contributed by atoms with Crippen molar-refractivity contribution in [2.45, 2.75) is 45.6 Å². The predicted octanol–water partition coefficient (Wildman–Crippen LogP) is 4.45. The van der Waals surface area contributed by atoms with Crippen LogP contribution in [-0.4, -0.2) is 9.55 Å². The standard InChI is InChI=1S/C23H23ClN2/c1-17-7-13-21-22(15-17)26(16-19-8-11-20(24)12-9-19)23(25-21)14-10-18-5-3-2-4-6-18/h8-12,14-15,18H,2-6,16H2,1H3/b14-10+. The van der Waals surface area contributed by atoms with Crippen molar-refractivity contribution in [3.8, 4) is 0 Å². The van der Waals surface area contributed by atoms with Gasteiger partial charge in [-0.15, -0.1) is 0 Å². The van der Waals surface area contributed by atoms with Crippen molar-refractivity contribution in [1.29, 1.82) is 0 Å². The van der Waals surface area contributed by atoms with E-state index in [-0.39, 0.29) is 0 Å². The molecule has 3 heteroatoms. The van der Waals surface area contributed by atoms with Crippen LogP contribution in [0.25, 0.3) is 17.9 Å². The molecular formula is C23H23ClN2. The van der Waals surface area contributed by atoms with Gasteiger partial charge >= 0.3 is 0 Å². The van der Waals surface area contributed by atoms with Gasteiger partial charge in [-0.25, -0.2) is 4.98 Å². The van der Waals surface area contributed by atoms with Crippen molar-refractivity contribution in [2.75, 3.05) is 0 Å². The van der Waals surface area contributed by atoms with Crippen molar-refractivity contribution >= 4 is 29.5 Å².